The van der Waals surface area contributed by atoms with E-state index in [-0.39, 0.29) is 11.7 Å². The first-order valence-electron chi connectivity index (χ1n) is 12.1. The van der Waals surface area contributed by atoms with Crippen molar-refractivity contribution in [2.75, 3.05) is 32.1 Å². The maximum absolute atomic E-state index is 13.9. The highest BCUT2D eigenvalue weighted by Gasteiger charge is 2.32. The number of anilines is 1. The van der Waals surface area contributed by atoms with Gasteiger partial charge in [0.05, 0.1) is 11.1 Å². The molecule has 0 aliphatic heterocycles. The van der Waals surface area contributed by atoms with E-state index in [1.54, 1.807) is 18.2 Å². The molecule has 36 heavy (non-hydrogen) atoms. The second-order valence-corrected chi connectivity index (χ2v) is 9.31. The van der Waals surface area contributed by atoms with Crippen molar-refractivity contribution in [2.45, 2.75) is 32.4 Å². The Hall–Kier alpha value is -3.45. The third-order valence-corrected chi connectivity index (χ3v) is 6.27. The van der Waals surface area contributed by atoms with E-state index < -0.39 is 11.7 Å². The minimum absolute atomic E-state index is 0.195. The Balaban J connectivity index is 1.96. The fourth-order valence-corrected chi connectivity index (χ4v) is 4.36. The molecule has 1 N–H and O–H groups in total. The summed E-state index contributed by atoms with van der Waals surface area (Å²) in [5, 5.41) is 4.04. The number of aromatic nitrogens is 2. The fourth-order valence-electron chi connectivity index (χ4n) is 4.36. The maximum Gasteiger partial charge on any atom is 0.416 e. The quantitative estimate of drug-likeness (QED) is 0.265. The molecule has 0 atom stereocenters. The SMILES string of the molecule is CNCCCN(C)c1nc(-c2cc(-c3ccccc3)cc(C(F)(F)F)c2)nc2c(C(C)C)cccc12. The Bertz CT molecular complexity index is 1330. The van der Waals surface area contributed by atoms with Crippen LogP contribution in [0.2, 0.25) is 0 Å². The van der Waals surface area contributed by atoms with Crippen LogP contribution in [0.15, 0.2) is 66.7 Å². The van der Waals surface area contributed by atoms with E-state index in [0.717, 1.165) is 42.0 Å². The molecule has 0 unspecified atom stereocenters. The Kier molecular flexibility index (Phi) is 7.59. The molecule has 4 nitrogen and oxygen atoms in total. The van der Waals surface area contributed by atoms with Crippen molar-refractivity contribution in [3.05, 3.63) is 77.9 Å². The molecule has 0 aliphatic carbocycles. The lowest BCUT2D eigenvalue weighted by molar-refractivity contribution is -0.137. The van der Waals surface area contributed by atoms with Gasteiger partial charge in [-0.15, -0.1) is 0 Å². The van der Waals surface area contributed by atoms with Crippen molar-refractivity contribution in [1.29, 1.82) is 0 Å². The molecule has 0 saturated carbocycles. The molecule has 7 heteroatoms. The number of halogens is 3. The molecule has 1 heterocycles. The summed E-state index contributed by atoms with van der Waals surface area (Å²) in [6.07, 6.45) is -3.59. The lowest BCUT2D eigenvalue weighted by Gasteiger charge is -2.22. The van der Waals surface area contributed by atoms with Gasteiger partial charge in [-0.05, 0) is 66.9 Å². The lowest BCUT2D eigenvalue weighted by Crippen LogP contribution is -2.23. The summed E-state index contributed by atoms with van der Waals surface area (Å²) < 4.78 is 41.8. The Labute approximate surface area is 210 Å². The van der Waals surface area contributed by atoms with Crippen LogP contribution in [0.5, 0.6) is 0 Å². The summed E-state index contributed by atoms with van der Waals surface area (Å²) in [6.45, 7) is 5.77. The van der Waals surface area contributed by atoms with Crippen molar-refractivity contribution in [3.8, 4) is 22.5 Å². The summed E-state index contributed by atoms with van der Waals surface area (Å²) in [5.41, 5.74) is 2.61. The van der Waals surface area contributed by atoms with Crippen molar-refractivity contribution in [3.63, 3.8) is 0 Å². The van der Waals surface area contributed by atoms with Gasteiger partial charge in [-0.2, -0.15) is 13.2 Å². The summed E-state index contributed by atoms with van der Waals surface area (Å²) >= 11 is 0. The zero-order valence-corrected chi connectivity index (χ0v) is 21.0. The predicted octanol–water partition coefficient (Wildman–Crippen LogP) is 7.15. The molecule has 0 bridgehead atoms. The molecule has 0 saturated heterocycles. The van der Waals surface area contributed by atoms with Gasteiger partial charge in [-0.25, -0.2) is 9.97 Å². The third-order valence-electron chi connectivity index (χ3n) is 6.27. The fraction of sp³-hybridized carbons (Fsp3) is 0.310. The molecule has 4 aromatic rings. The van der Waals surface area contributed by atoms with Crippen LogP contribution in [0.1, 0.15) is 37.3 Å². The molecular weight excluding hydrogens is 461 g/mol. The van der Waals surface area contributed by atoms with Gasteiger partial charge in [-0.1, -0.05) is 56.3 Å². The van der Waals surface area contributed by atoms with Gasteiger partial charge in [0.2, 0.25) is 0 Å². The highest BCUT2D eigenvalue weighted by Crippen LogP contribution is 2.37. The van der Waals surface area contributed by atoms with E-state index >= 15 is 0 Å². The molecular formula is C29H31F3N4. The number of rotatable bonds is 8. The second-order valence-electron chi connectivity index (χ2n) is 9.31. The van der Waals surface area contributed by atoms with Gasteiger partial charge in [0.1, 0.15) is 5.82 Å². The number of fused-ring (bicyclic) bond motifs is 1. The van der Waals surface area contributed by atoms with E-state index in [1.165, 1.54) is 6.07 Å². The lowest BCUT2D eigenvalue weighted by atomic mass is 9.98. The second kappa shape index (κ2) is 10.7. The third kappa shape index (κ3) is 5.51. The van der Waals surface area contributed by atoms with Gasteiger partial charge in [0.15, 0.2) is 5.82 Å². The predicted molar refractivity (Wildman–Crippen MR) is 141 cm³/mol. The summed E-state index contributed by atoms with van der Waals surface area (Å²) in [6, 6.07) is 19.2. The number of para-hydroxylation sites is 1. The Morgan fingerprint density at radius 1 is 0.889 bits per heavy atom. The largest absolute Gasteiger partial charge is 0.416 e. The molecule has 0 fully saturated rings. The van der Waals surface area contributed by atoms with Gasteiger partial charge < -0.3 is 10.2 Å². The molecule has 0 amide bonds. The zero-order valence-electron chi connectivity index (χ0n) is 21.0. The number of alkyl halides is 3. The first-order valence-corrected chi connectivity index (χ1v) is 12.1. The van der Waals surface area contributed by atoms with Crippen LogP contribution in [0.4, 0.5) is 19.0 Å². The van der Waals surface area contributed by atoms with Crippen LogP contribution in [-0.2, 0) is 6.18 Å². The van der Waals surface area contributed by atoms with Crippen LogP contribution in [0.25, 0.3) is 33.4 Å². The van der Waals surface area contributed by atoms with Gasteiger partial charge >= 0.3 is 6.18 Å². The highest BCUT2D eigenvalue weighted by atomic mass is 19.4. The first-order chi connectivity index (χ1) is 17.2. The van der Waals surface area contributed by atoms with Crippen molar-refractivity contribution in [1.82, 2.24) is 15.3 Å². The molecule has 1 aromatic heterocycles. The number of nitrogens with one attached hydrogen (secondary N) is 1. The molecule has 188 valence electrons. The average Bonchev–Trinajstić information content (AvgIpc) is 2.87. The highest BCUT2D eigenvalue weighted by molar-refractivity contribution is 5.93. The van der Waals surface area contributed by atoms with E-state index in [9.17, 15) is 13.2 Å². The van der Waals surface area contributed by atoms with E-state index in [2.05, 4.69) is 24.1 Å². The van der Waals surface area contributed by atoms with Gasteiger partial charge in [0.25, 0.3) is 0 Å². The van der Waals surface area contributed by atoms with Crippen LogP contribution in [0.3, 0.4) is 0 Å². The van der Waals surface area contributed by atoms with Gasteiger partial charge in [0, 0.05) is 24.5 Å². The summed E-state index contributed by atoms with van der Waals surface area (Å²) in [7, 11) is 3.87. The molecule has 4 rings (SSSR count). The van der Waals surface area contributed by atoms with Crippen molar-refractivity contribution < 1.29 is 13.2 Å². The number of benzene rings is 3. The molecule has 0 aliphatic rings. The zero-order chi connectivity index (χ0) is 25.9. The standard InChI is InChI=1S/C29H31F3N4/c1-19(2)24-12-8-13-25-26(24)34-27(35-28(25)36(4)15-9-14-33-3)22-16-21(20-10-6-5-7-11-20)17-23(18-22)29(30,31)32/h5-8,10-13,16-19,33H,9,14-15H2,1-4H3. The summed E-state index contributed by atoms with van der Waals surface area (Å²) in [5.74, 6) is 1.20. The topological polar surface area (TPSA) is 41.0 Å². The number of hydrogen-bond donors (Lipinski definition) is 1. The van der Waals surface area contributed by atoms with Crippen LogP contribution in [-0.4, -0.2) is 37.2 Å². The maximum atomic E-state index is 13.9. The minimum Gasteiger partial charge on any atom is -0.359 e. The number of nitrogens with zero attached hydrogens (tertiary/aromatic N) is 3. The normalized spacial score (nSPS) is 11.9. The molecule has 3 aromatic carbocycles. The first kappa shape index (κ1) is 25.6. The summed E-state index contributed by atoms with van der Waals surface area (Å²) in [4.78, 5) is 11.7. The van der Waals surface area contributed by atoms with Crippen LogP contribution >= 0.6 is 0 Å². The minimum atomic E-state index is -4.49. The smallest absolute Gasteiger partial charge is 0.359 e. The van der Waals surface area contributed by atoms with Crippen LogP contribution in [0, 0.1) is 0 Å². The van der Waals surface area contributed by atoms with Crippen molar-refractivity contribution in [2.24, 2.45) is 0 Å². The van der Waals surface area contributed by atoms with E-state index in [4.69, 9.17) is 9.97 Å². The van der Waals surface area contributed by atoms with E-state index in [1.807, 2.05) is 50.5 Å². The number of hydrogen-bond acceptors (Lipinski definition) is 4. The molecule has 0 radical (unpaired) electrons. The molecule has 0 spiro atoms. The van der Waals surface area contributed by atoms with Crippen LogP contribution < -0.4 is 10.2 Å². The van der Waals surface area contributed by atoms with Gasteiger partial charge in [-0.3, -0.25) is 0 Å². The monoisotopic (exact) mass is 492 g/mol. The average molecular weight is 493 g/mol. The van der Waals surface area contributed by atoms with Crippen molar-refractivity contribution >= 4 is 16.7 Å². The Morgan fingerprint density at radius 2 is 1.61 bits per heavy atom. The Morgan fingerprint density at radius 3 is 2.28 bits per heavy atom. The van der Waals surface area contributed by atoms with E-state index in [0.29, 0.717) is 22.5 Å².